The molecule has 0 radical (unpaired) electrons. The second-order valence-electron chi connectivity index (χ2n) is 6.01. The van der Waals surface area contributed by atoms with Crippen LogP contribution in [0.25, 0.3) is 0 Å². The number of nitrogens with zero attached hydrogens (tertiary/aromatic N) is 1. The number of rotatable bonds is 6. The van der Waals surface area contributed by atoms with E-state index in [1.807, 2.05) is 26.2 Å². The molecule has 1 aliphatic carbocycles. The summed E-state index contributed by atoms with van der Waals surface area (Å²) in [5.74, 6) is -1.66. The van der Waals surface area contributed by atoms with Gasteiger partial charge in [-0.3, -0.25) is 9.59 Å². The van der Waals surface area contributed by atoms with Crippen LogP contribution in [0.2, 0.25) is 0 Å². The van der Waals surface area contributed by atoms with Gasteiger partial charge in [-0.25, -0.2) is 0 Å². The van der Waals surface area contributed by atoms with Gasteiger partial charge in [0.05, 0.1) is 11.8 Å². The normalized spacial score (nSPS) is 23.9. The number of nitrogens with one attached hydrogen (secondary N) is 1. The predicted molar refractivity (Wildman–Crippen MR) is 78.3 cm³/mol. The summed E-state index contributed by atoms with van der Waals surface area (Å²) in [6.07, 6.45) is 4.70. The van der Waals surface area contributed by atoms with E-state index in [-0.39, 0.29) is 11.9 Å². The molecular formula is C15H26N2O3. The molecule has 114 valence electrons. The first-order chi connectivity index (χ1) is 9.34. The maximum absolute atomic E-state index is 12.2. The van der Waals surface area contributed by atoms with Gasteiger partial charge >= 0.3 is 5.97 Å². The molecule has 20 heavy (non-hydrogen) atoms. The van der Waals surface area contributed by atoms with E-state index < -0.39 is 17.8 Å². The van der Waals surface area contributed by atoms with Crippen molar-refractivity contribution in [2.24, 2.45) is 17.8 Å². The number of carbonyl (C=O) groups excluding carboxylic acids is 1. The van der Waals surface area contributed by atoms with E-state index in [0.717, 1.165) is 0 Å². The van der Waals surface area contributed by atoms with Gasteiger partial charge in [-0.2, -0.15) is 0 Å². The third-order valence-corrected chi connectivity index (χ3v) is 4.00. The molecular weight excluding hydrogens is 256 g/mol. The number of hydrogen-bond acceptors (Lipinski definition) is 3. The van der Waals surface area contributed by atoms with Crippen molar-refractivity contribution in [3.63, 3.8) is 0 Å². The Bertz CT molecular complexity index is 369. The van der Waals surface area contributed by atoms with Gasteiger partial charge < -0.3 is 15.3 Å². The van der Waals surface area contributed by atoms with Gasteiger partial charge in [-0.05, 0) is 32.9 Å². The summed E-state index contributed by atoms with van der Waals surface area (Å²) in [6, 6.07) is 0.251. The molecule has 3 atom stereocenters. The van der Waals surface area contributed by atoms with E-state index in [2.05, 4.69) is 24.1 Å². The highest BCUT2D eigenvalue weighted by Crippen LogP contribution is 2.26. The van der Waals surface area contributed by atoms with Gasteiger partial charge in [0.1, 0.15) is 0 Å². The standard InChI is InChI=1S/C15H26N2O3/c1-10(2)13(17(3)4)9-16-14(18)11-7-5-6-8-12(11)15(19)20/h5-6,10-13H,7-9H2,1-4H3,(H,16,18)(H,19,20)/t11-,12+,13?/m1/s1. The van der Waals surface area contributed by atoms with Gasteiger partial charge in [0, 0.05) is 12.6 Å². The van der Waals surface area contributed by atoms with Gasteiger partial charge in [-0.15, -0.1) is 0 Å². The molecule has 5 heteroatoms. The molecule has 1 rings (SSSR count). The highest BCUT2D eigenvalue weighted by molar-refractivity contribution is 5.85. The maximum Gasteiger partial charge on any atom is 0.307 e. The zero-order valence-corrected chi connectivity index (χ0v) is 12.8. The van der Waals surface area contributed by atoms with E-state index >= 15 is 0 Å². The number of amides is 1. The second-order valence-corrected chi connectivity index (χ2v) is 6.01. The van der Waals surface area contributed by atoms with Gasteiger partial charge in [0.2, 0.25) is 5.91 Å². The average molecular weight is 282 g/mol. The fourth-order valence-corrected chi connectivity index (χ4v) is 2.73. The Morgan fingerprint density at radius 1 is 1.25 bits per heavy atom. The summed E-state index contributed by atoms with van der Waals surface area (Å²) in [4.78, 5) is 25.5. The fraction of sp³-hybridized carbons (Fsp3) is 0.733. The number of carboxylic acids is 1. The Morgan fingerprint density at radius 3 is 2.25 bits per heavy atom. The number of likely N-dealkylation sites (N-methyl/N-ethyl adjacent to an activating group) is 1. The van der Waals surface area contributed by atoms with E-state index in [9.17, 15) is 14.7 Å². The molecule has 0 bridgehead atoms. The summed E-state index contributed by atoms with van der Waals surface area (Å²) in [5.41, 5.74) is 0. The second kappa shape index (κ2) is 7.43. The molecule has 0 saturated carbocycles. The molecule has 0 heterocycles. The molecule has 0 spiro atoms. The lowest BCUT2D eigenvalue weighted by Gasteiger charge is -2.30. The molecule has 2 N–H and O–H groups in total. The van der Waals surface area contributed by atoms with Crippen molar-refractivity contribution in [1.82, 2.24) is 10.2 Å². The minimum absolute atomic E-state index is 0.144. The van der Waals surface area contributed by atoms with Crippen LogP contribution in [-0.2, 0) is 9.59 Å². The number of carboxylic acid groups (broad SMARTS) is 1. The van der Waals surface area contributed by atoms with E-state index in [4.69, 9.17) is 0 Å². The maximum atomic E-state index is 12.2. The van der Waals surface area contributed by atoms with E-state index in [1.165, 1.54) is 0 Å². The van der Waals surface area contributed by atoms with Gasteiger partial charge in [0.25, 0.3) is 0 Å². The molecule has 0 aliphatic heterocycles. The van der Waals surface area contributed by atoms with Crippen LogP contribution >= 0.6 is 0 Å². The molecule has 1 amide bonds. The van der Waals surface area contributed by atoms with Crippen LogP contribution in [0, 0.1) is 17.8 Å². The molecule has 0 aromatic carbocycles. The van der Waals surface area contributed by atoms with Crippen molar-refractivity contribution in [2.75, 3.05) is 20.6 Å². The first kappa shape index (κ1) is 16.7. The average Bonchev–Trinajstić information content (AvgIpc) is 2.37. The minimum atomic E-state index is -0.887. The highest BCUT2D eigenvalue weighted by Gasteiger charge is 2.34. The van der Waals surface area contributed by atoms with Crippen LogP contribution in [0.1, 0.15) is 26.7 Å². The molecule has 0 fully saturated rings. The van der Waals surface area contributed by atoms with Crippen molar-refractivity contribution in [1.29, 1.82) is 0 Å². The Morgan fingerprint density at radius 2 is 1.80 bits per heavy atom. The number of allylic oxidation sites excluding steroid dienone is 2. The van der Waals surface area contributed by atoms with Gasteiger partial charge in [-0.1, -0.05) is 26.0 Å². The quantitative estimate of drug-likeness (QED) is 0.722. The van der Waals surface area contributed by atoms with Crippen molar-refractivity contribution >= 4 is 11.9 Å². The van der Waals surface area contributed by atoms with Crippen molar-refractivity contribution in [2.45, 2.75) is 32.7 Å². The van der Waals surface area contributed by atoms with Crippen molar-refractivity contribution in [3.05, 3.63) is 12.2 Å². The number of aliphatic carboxylic acids is 1. The van der Waals surface area contributed by atoms with E-state index in [0.29, 0.717) is 25.3 Å². The summed E-state index contributed by atoms with van der Waals surface area (Å²) in [6.45, 7) is 4.77. The lowest BCUT2D eigenvalue weighted by atomic mass is 9.82. The Hall–Kier alpha value is -1.36. The molecule has 0 saturated heterocycles. The van der Waals surface area contributed by atoms with Crippen LogP contribution in [-0.4, -0.2) is 48.6 Å². The third-order valence-electron chi connectivity index (χ3n) is 4.00. The molecule has 1 unspecified atom stereocenters. The molecule has 0 aromatic heterocycles. The van der Waals surface area contributed by atoms with Crippen molar-refractivity contribution in [3.8, 4) is 0 Å². The van der Waals surface area contributed by atoms with Crippen molar-refractivity contribution < 1.29 is 14.7 Å². The molecule has 1 aliphatic rings. The summed E-state index contributed by atoms with van der Waals surface area (Å²) < 4.78 is 0. The van der Waals surface area contributed by atoms with Crippen LogP contribution in [0.4, 0.5) is 0 Å². The minimum Gasteiger partial charge on any atom is -0.481 e. The Kier molecular flexibility index (Phi) is 6.20. The largest absolute Gasteiger partial charge is 0.481 e. The smallest absolute Gasteiger partial charge is 0.307 e. The Labute approximate surface area is 121 Å². The van der Waals surface area contributed by atoms with Crippen LogP contribution in [0.5, 0.6) is 0 Å². The lowest BCUT2D eigenvalue weighted by molar-refractivity contribution is -0.147. The highest BCUT2D eigenvalue weighted by atomic mass is 16.4. The topological polar surface area (TPSA) is 69.6 Å². The SMILES string of the molecule is CC(C)C(CNC(=O)[C@@H]1CC=CC[C@@H]1C(=O)O)N(C)C. The summed E-state index contributed by atoms with van der Waals surface area (Å²) in [5, 5.41) is 12.1. The van der Waals surface area contributed by atoms with Crippen LogP contribution in [0.15, 0.2) is 12.2 Å². The zero-order valence-electron chi connectivity index (χ0n) is 12.8. The van der Waals surface area contributed by atoms with Crippen LogP contribution in [0.3, 0.4) is 0 Å². The molecule has 0 aromatic rings. The third kappa shape index (κ3) is 4.34. The van der Waals surface area contributed by atoms with E-state index in [1.54, 1.807) is 0 Å². The monoisotopic (exact) mass is 282 g/mol. The molecule has 5 nitrogen and oxygen atoms in total. The first-order valence-corrected chi connectivity index (χ1v) is 7.16. The number of hydrogen-bond donors (Lipinski definition) is 2. The number of carbonyl (C=O) groups is 2. The lowest BCUT2D eigenvalue weighted by Crippen LogP contribution is -2.46. The zero-order chi connectivity index (χ0) is 15.3. The summed E-state index contributed by atoms with van der Waals surface area (Å²) >= 11 is 0. The van der Waals surface area contributed by atoms with Gasteiger partial charge in [0.15, 0.2) is 0 Å². The summed E-state index contributed by atoms with van der Waals surface area (Å²) in [7, 11) is 3.97. The first-order valence-electron chi connectivity index (χ1n) is 7.16. The predicted octanol–water partition coefficient (Wildman–Crippen LogP) is 1.36. The fourth-order valence-electron chi connectivity index (χ4n) is 2.73. The van der Waals surface area contributed by atoms with Crippen LogP contribution < -0.4 is 5.32 Å². The Balaban J connectivity index is 2.61.